The Morgan fingerprint density at radius 3 is 2.11 bits per heavy atom. The van der Waals surface area contributed by atoms with Gasteiger partial charge in [-0.1, -0.05) is 103 Å². The maximum atomic E-state index is 7.35. The smallest absolute Gasteiger partial charge is 0.200 e. The first kappa shape index (κ1) is 28.4. The summed E-state index contributed by atoms with van der Waals surface area (Å²) in [4.78, 5) is 0.553. The summed E-state index contributed by atoms with van der Waals surface area (Å²) in [5.74, 6) is 4.38. The molecular weight excluding hydrogens is 508 g/mol. The molecule has 9 atom stereocenters. The molecule has 0 aliphatic heterocycles. The van der Waals surface area contributed by atoms with Crippen molar-refractivity contribution >= 4 is 24.2 Å². The van der Waals surface area contributed by atoms with Gasteiger partial charge in [-0.3, -0.25) is 0 Å². The monoisotopic (exact) mass is 564 g/mol. The molecule has 4 rings (SSSR count). The molecule has 0 unspecified atom stereocenters. The first-order chi connectivity index (χ1) is 16.3. The van der Waals surface area contributed by atoms with Crippen molar-refractivity contribution in [2.24, 2.45) is 40.4 Å². The summed E-state index contributed by atoms with van der Waals surface area (Å²) in [5, 5.41) is 0. The summed E-state index contributed by atoms with van der Waals surface area (Å²) >= 11 is 4.29. The van der Waals surface area contributed by atoms with Gasteiger partial charge in [0.2, 0.25) is 8.32 Å². The van der Waals surface area contributed by atoms with Gasteiger partial charge in [-0.25, -0.2) is 0 Å². The Morgan fingerprint density at radius 2 is 1.54 bits per heavy atom. The molecule has 3 heteroatoms. The summed E-state index contributed by atoms with van der Waals surface area (Å²) in [6.07, 6.45) is 14.1. The van der Waals surface area contributed by atoms with Crippen LogP contribution in [0.15, 0.2) is 11.6 Å². The van der Waals surface area contributed by atoms with Gasteiger partial charge in [0.15, 0.2) is 0 Å². The van der Waals surface area contributed by atoms with Gasteiger partial charge in [-0.05, 0) is 102 Å². The zero-order chi connectivity index (χ0) is 25.9. The van der Waals surface area contributed by atoms with Crippen LogP contribution in [0.1, 0.15) is 121 Å². The predicted molar refractivity (Wildman–Crippen MR) is 159 cm³/mol. The summed E-state index contributed by atoms with van der Waals surface area (Å²) < 4.78 is 7.35. The summed E-state index contributed by atoms with van der Waals surface area (Å²) in [7, 11) is -1.84. The molecule has 0 aromatic carbocycles. The minimum atomic E-state index is -1.84. The quantitative estimate of drug-likeness (QED) is 0.169. The van der Waals surface area contributed by atoms with Gasteiger partial charge in [0, 0.05) is 10.9 Å². The van der Waals surface area contributed by atoms with E-state index in [0.717, 1.165) is 29.6 Å². The Balaban J connectivity index is 1.59. The molecule has 0 N–H and O–H groups in total. The van der Waals surface area contributed by atoms with Crippen molar-refractivity contribution < 1.29 is 4.43 Å². The van der Waals surface area contributed by atoms with Crippen LogP contribution in [0.3, 0.4) is 0 Å². The minimum Gasteiger partial charge on any atom is -0.413 e. The van der Waals surface area contributed by atoms with Crippen molar-refractivity contribution in [2.75, 3.05) is 0 Å². The van der Waals surface area contributed by atoms with Gasteiger partial charge in [0.05, 0.1) is 0 Å². The Labute approximate surface area is 228 Å². The van der Waals surface area contributed by atoms with E-state index in [4.69, 9.17) is 4.43 Å². The van der Waals surface area contributed by atoms with E-state index in [0.29, 0.717) is 38.4 Å². The molecule has 0 aromatic heterocycles. The molecule has 0 radical (unpaired) electrons. The van der Waals surface area contributed by atoms with E-state index < -0.39 is 8.32 Å². The van der Waals surface area contributed by atoms with E-state index in [1.807, 2.05) is 0 Å². The lowest BCUT2D eigenvalue weighted by Gasteiger charge is -2.60. The topological polar surface area (TPSA) is 9.23 Å². The highest BCUT2D eigenvalue weighted by atomic mass is 79.9. The van der Waals surface area contributed by atoms with E-state index in [2.05, 4.69) is 91.2 Å². The number of allylic oxidation sites excluding steroid dienone is 1. The Morgan fingerprint density at radius 1 is 0.914 bits per heavy atom. The van der Waals surface area contributed by atoms with Crippen molar-refractivity contribution in [2.45, 2.75) is 148 Å². The first-order valence-electron chi connectivity index (χ1n) is 15.4. The highest BCUT2D eigenvalue weighted by Crippen LogP contribution is 2.68. The third-order valence-electron chi connectivity index (χ3n) is 12.5. The van der Waals surface area contributed by atoms with Gasteiger partial charge in [-0.15, -0.1) is 0 Å². The minimum absolute atomic E-state index is 0.391. The van der Waals surface area contributed by atoms with Crippen LogP contribution in [0.25, 0.3) is 0 Å². The largest absolute Gasteiger partial charge is 0.413 e. The van der Waals surface area contributed by atoms with Gasteiger partial charge < -0.3 is 4.43 Å². The number of rotatable bonds is 7. The fourth-order valence-electron chi connectivity index (χ4n) is 10.6. The second kappa shape index (κ2) is 10.2. The second-order valence-corrected chi connectivity index (χ2v) is 21.2. The number of hydrogen-bond acceptors (Lipinski definition) is 1. The van der Waals surface area contributed by atoms with Crippen LogP contribution in [-0.4, -0.2) is 19.2 Å². The molecular formula is C32H57BrOSi. The summed E-state index contributed by atoms with van der Waals surface area (Å²) in [5.41, 5.74) is 4.70. The van der Waals surface area contributed by atoms with Crippen molar-refractivity contribution in [1.82, 2.24) is 0 Å². The van der Waals surface area contributed by atoms with E-state index in [-0.39, 0.29) is 0 Å². The third-order valence-corrected chi connectivity index (χ3v) is 19.6. The average molecular weight is 566 g/mol. The van der Waals surface area contributed by atoms with Gasteiger partial charge in [-0.2, -0.15) is 0 Å². The molecule has 0 bridgehead atoms. The molecule has 0 spiro atoms. The van der Waals surface area contributed by atoms with Crippen molar-refractivity contribution in [3.63, 3.8) is 0 Å². The predicted octanol–water partition coefficient (Wildman–Crippen LogP) is 10.5. The zero-order valence-corrected chi connectivity index (χ0v) is 27.4. The number of halogens is 1. The molecule has 3 saturated carbocycles. The van der Waals surface area contributed by atoms with E-state index >= 15 is 0 Å². The lowest BCUT2D eigenvalue weighted by atomic mass is 9.47. The fourth-order valence-corrected chi connectivity index (χ4v) is 17.3. The van der Waals surface area contributed by atoms with E-state index in [9.17, 15) is 0 Å². The lowest BCUT2D eigenvalue weighted by molar-refractivity contribution is -0.0533. The molecule has 1 nitrogen and oxygen atoms in total. The number of hydrogen-bond donors (Lipinski definition) is 0. The molecule has 202 valence electrons. The molecule has 35 heavy (non-hydrogen) atoms. The van der Waals surface area contributed by atoms with Crippen LogP contribution in [0.4, 0.5) is 0 Å². The standard InChI is InChI=1S/C32H57BrOSi/c1-11-23(8)26-12-13-27-30-28(15-17-32(26,27)10)31(9)16-14-25(18-24(31)19-29(30)33)34-35(20(2)3,21(4)5)22(6)7/h19-23,25-30H,11-18H2,1-10H3/t23-,25-,26+,27-,28-,29+,30-,31-,32+/m0/s1. The molecule has 4 aliphatic rings. The fraction of sp³-hybridized carbons (Fsp3) is 0.938. The Hall–Kier alpha value is 0.397. The molecule has 0 aromatic rings. The molecule has 0 heterocycles. The van der Waals surface area contributed by atoms with Gasteiger partial charge in [0.25, 0.3) is 0 Å². The third kappa shape index (κ3) is 4.42. The normalized spacial score (nSPS) is 42.6. The van der Waals surface area contributed by atoms with Crippen LogP contribution < -0.4 is 0 Å². The molecule has 0 saturated heterocycles. The van der Waals surface area contributed by atoms with E-state index in [1.54, 1.807) is 5.57 Å². The van der Waals surface area contributed by atoms with Crippen molar-refractivity contribution in [1.29, 1.82) is 0 Å². The SMILES string of the molecule is CC[C@H](C)[C@H]1CC[C@H]2[C@@H]3[C@H](Br)C=C4C[C@@H](O[Si](C(C)C)(C(C)C)C(C)C)CC[C@]4(C)[C@H]3CC[C@]12C. The Bertz CT molecular complexity index is 767. The zero-order valence-electron chi connectivity index (χ0n) is 24.8. The van der Waals surface area contributed by atoms with E-state index in [1.165, 1.54) is 51.4 Å². The highest BCUT2D eigenvalue weighted by molar-refractivity contribution is 9.09. The average Bonchev–Trinajstić information content (AvgIpc) is 3.14. The number of alkyl halides is 1. The molecule has 0 amide bonds. The first-order valence-corrected chi connectivity index (χ1v) is 18.4. The van der Waals surface area contributed by atoms with Crippen LogP contribution >= 0.6 is 15.9 Å². The maximum absolute atomic E-state index is 7.35. The van der Waals surface area contributed by atoms with Gasteiger partial charge >= 0.3 is 0 Å². The van der Waals surface area contributed by atoms with Crippen LogP contribution in [0.5, 0.6) is 0 Å². The number of fused-ring (bicyclic) bond motifs is 5. The van der Waals surface area contributed by atoms with Crippen LogP contribution in [-0.2, 0) is 4.43 Å². The Kier molecular flexibility index (Phi) is 8.26. The maximum Gasteiger partial charge on any atom is 0.200 e. The van der Waals surface area contributed by atoms with Crippen LogP contribution in [0.2, 0.25) is 16.6 Å². The molecule has 3 fully saturated rings. The van der Waals surface area contributed by atoms with Crippen LogP contribution in [0, 0.1) is 40.4 Å². The van der Waals surface area contributed by atoms with Crippen molar-refractivity contribution in [3.05, 3.63) is 11.6 Å². The van der Waals surface area contributed by atoms with Crippen molar-refractivity contribution in [3.8, 4) is 0 Å². The second-order valence-electron chi connectivity index (χ2n) is 14.8. The summed E-state index contributed by atoms with van der Waals surface area (Å²) in [6, 6.07) is 0. The van der Waals surface area contributed by atoms with Gasteiger partial charge in [0.1, 0.15) is 0 Å². The lowest BCUT2D eigenvalue weighted by Crippen LogP contribution is -2.55. The highest BCUT2D eigenvalue weighted by Gasteiger charge is 2.61. The summed E-state index contributed by atoms with van der Waals surface area (Å²) in [6.45, 7) is 24.9. The molecule has 4 aliphatic carbocycles.